The molecule has 10 heteroatoms. The van der Waals surface area contributed by atoms with Crippen molar-refractivity contribution in [1.29, 1.82) is 0 Å². The molecule has 0 atom stereocenters. The Bertz CT molecular complexity index is 646. The molecule has 0 unspecified atom stereocenters. The SMILES string of the molecule is CN=C(NCc1ccc(OCC(F)(F)F)cc1)N1CCC(C(=O)OC)CC1.I. The molecule has 1 saturated heterocycles. The molecule has 28 heavy (non-hydrogen) atoms. The van der Waals surface area contributed by atoms with E-state index in [1.165, 1.54) is 19.2 Å². The van der Waals surface area contributed by atoms with Crippen molar-refractivity contribution < 1.29 is 27.4 Å². The summed E-state index contributed by atoms with van der Waals surface area (Å²) in [7, 11) is 3.08. The number of guanidine groups is 1. The van der Waals surface area contributed by atoms with Crippen LogP contribution in [0.4, 0.5) is 13.2 Å². The topological polar surface area (TPSA) is 63.2 Å². The van der Waals surface area contributed by atoms with Gasteiger partial charge in [-0.2, -0.15) is 13.2 Å². The molecule has 0 saturated carbocycles. The van der Waals surface area contributed by atoms with Crippen LogP contribution in [-0.4, -0.2) is 56.9 Å². The van der Waals surface area contributed by atoms with E-state index in [1.54, 1.807) is 19.2 Å². The molecule has 0 bridgehead atoms. The number of ether oxygens (including phenoxy) is 2. The molecular formula is C18H25F3IN3O3. The number of rotatable bonds is 5. The van der Waals surface area contributed by atoms with Gasteiger partial charge < -0.3 is 19.7 Å². The van der Waals surface area contributed by atoms with Crippen molar-refractivity contribution in [2.24, 2.45) is 10.9 Å². The molecule has 1 aromatic carbocycles. The van der Waals surface area contributed by atoms with Crippen LogP contribution in [0.5, 0.6) is 5.75 Å². The van der Waals surface area contributed by atoms with E-state index in [0.29, 0.717) is 32.5 Å². The molecule has 1 aliphatic heterocycles. The standard InChI is InChI=1S/C18H24F3N3O3.HI/c1-22-17(24-9-7-14(8-10-24)16(25)26-2)23-11-13-3-5-15(6-4-13)27-12-18(19,20)21;/h3-6,14H,7-12H2,1-2H3,(H,22,23);1H. The molecule has 158 valence electrons. The number of piperidine rings is 1. The molecule has 0 amide bonds. The highest BCUT2D eigenvalue weighted by atomic mass is 127. The van der Waals surface area contributed by atoms with Crippen LogP contribution in [0.3, 0.4) is 0 Å². The molecule has 2 rings (SSSR count). The number of nitrogens with zero attached hydrogens (tertiary/aromatic N) is 2. The van der Waals surface area contributed by atoms with Gasteiger partial charge in [0.1, 0.15) is 5.75 Å². The smallest absolute Gasteiger partial charge is 0.422 e. The highest BCUT2D eigenvalue weighted by molar-refractivity contribution is 14.0. The fourth-order valence-corrected chi connectivity index (χ4v) is 2.88. The summed E-state index contributed by atoms with van der Waals surface area (Å²) < 4.78 is 45.9. The molecule has 1 N–H and O–H groups in total. The number of carbonyl (C=O) groups is 1. The van der Waals surface area contributed by atoms with Gasteiger partial charge in [0, 0.05) is 26.7 Å². The number of benzene rings is 1. The number of esters is 1. The molecule has 1 heterocycles. The lowest BCUT2D eigenvalue weighted by Gasteiger charge is -2.33. The van der Waals surface area contributed by atoms with Crippen molar-refractivity contribution in [3.63, 3.8) is 0 Å². The normalized spacial score (nSPS) is 15.6. The number of aliphatic imine (C=N–C) groups is 1. The second kappa shape index (κ2) is 11.3. The van der Waals surface area contributed by atoms with Crippen LogP contribution in [0, 0.1) is 5.92 Å². The average molecular weight is 515 g/mol. The average Bonchev–Trinajstić information content (AvgIpc) is 2.67. The Labute approximate surface area is 179 Å². The number of alkyl halides is 3. The van der Waals surface area contributed by atoms with Crippen molar-refractivity contribution in [3.05, 3.63) is 29.8 Å². The molecule has 0 aliphatic carbocycles. The van der Waals surface area contributed by atoms with E-state index in [0.717, 1.165) is 11.5 Å². The van der Waals surface area contributed by atoms with Crippen LogP contribution >= 0.6 is 24.0 Å². The van der Waals surface area contributed by atoms with Gasteiger partial charge in [-0.1, -0.05) is 12.1 Å². The number of hydrogen-bond acceptors (Lipinski definition) is 4. The van der Waals surface area contributed by atoms with Gasteiger partial charge in [-0.3, -0.25) is 9.79 Å². The first-order chi connectivity index (χ1) is 12.8. The zero-order valence-corrected chi connectivity index (χ0v) is 18.1. The monoisotopic (exact) mass is 515 g/mol. The van der Waals surface area contributed by atoms with Crippen LogP contribution in [-0.2, 0) is 16.1 Å². The maximum Gasteiger partial charge on any atom is 0.422 e. The van der Waals surface area contributed by atoms with Crippen LogP contribution in [0.25, 0.3) is 0 Å². The van der Waals surface area contributed by atoms with E-state index >= 15 is 0 Å². The second-order valence-electron chi connectivity index (χ2n) is 6.23. The Morgan fingerprint density at radius 2 is 1.86 bits per heavy atom. The van der Waals surface area contributed by atoms with Gasteiger partial charge in [0.25, 0.3) is 0 Å². The minimum atomic E-state index is -4.35. The van der Waals surface area contributed by atoms with Gasteiger partial charge in [0.2, 0.25) is 0 Å². The predicted molar refractivity (Wildman–Crippen MR) is 110 cm³/mol. The Morgan fingerprint density at radius 3 is 2.36 bits per heavy atom. The molecule has 1 aromatic rings. The zero-order chi connectivity index (χ0) is 19.9. The fraction of sp³-hybridized carbons (Fsp3) is 0.556. The van der Waals surface area contributed by atoms with Crippen molar-refractivity contribution in [1.82, 2.24) is 10.2 Å². The zero-order valence-electron chi connectivity index (χ0n) is 15.8. The van der Waals surface area contributed by atoms with Gasteiger partial charge in [0.15, 0.2) is 12.6 Å². The van der Waals surface area contributed by atoms with E-state index in [4.69, 9.17) is 9.47 Å². The van der Waals surface area contributed by atoms with Crippen molar-refractivity contribution in [2.75, 3.05) is 33.9 Å². The van der Waals surface area contributed by atoms with Gasteiger partial charge in [-0.15, -0.1) is 24.0 Å². The Kier molecular flexibility index (Phi) is 9.83. The maximum atomic E-state index is 12.2. The first-order valence-corrected chi connectivity index (χ1v) is 8.64. The Balaban J connectivity index is 0.00000392. The van der Waals surface area contributed by atoms with E-state index in [-0.39, 0.29) is 41.6 Å². The summed E-state index contributed by atoms with van der Waals surface area (Å²) in [4.78, 5) is 17.9. The molecule has 1 fully saturated rings. The molecule has 0 radical (unpaired) electrons. The van der Waals surface area contributed by atoms with Gasteiger partial charge in [-0.25, -0.2) is 0 Å². The number of hydrogen-bond donors (Lipinski definition) is 1. The minimum absolute atomic E-state index is 0. The third-order valence-corrected chi connectivity index (χ3v) is 4.32. The molecule has 0 aromatic heterocycles. The van der Waals surface area contributed by atoms with Crippen molar-refractivity contribution >= 4 is 35.9 Å². The van der Waals surface area contributed by atoms with E-state index in [9.17, 15) is 18.0 Å². The predicted octanol–water partition coefficient (Wildman–Crippen LogP) is 3.21. The van der Waals surface area contributed by atoms with Crippen LogP contribution in [0.1, 0.15) is 18.4 Å². The summed E-state index contributed by atoms with van der Waals surface area (Å²) >= 11 is 0. The number of likely N-dealkylation sites (tertiary alicyclic amines) is 1. The molecular weight excluding hydrogens is 490 g/mol. The Hall–Kier alpha value is -1.72. The maximum absolute atomic E-state index is 12.2. The largest absolute Gasteiger partial charge is 0.484 e. The first-order valence-electron chi connectivity index (χ1n) is 8.64. The quantitative estimate of drug-likeness (QED) is 0.283. The van der Waals surface area contributed by atoms with E-state index < -0.39 is 12.8 Å². The number of methoxy groups -OCH3 is 1. The van der Waals surface area contributed by atoms with Crippen molar-refractivity contribution in [3.8, 4) is 5.75 Å². The highest BCUT2D eigenvalue weighted by Gasteiger charge is 2.28. The third-order valence-electron chi connectivity index (χ3n) is 4.32. The summed E-state index contributed by atoms with van der Waals surface area (Å²) in [6.45, 7) is 0.565. The van der Waals surface area contributed by atoms with Crippen LogP contribution in [0.15, 0.2) is 29.3 Å². The Morgan fingerprint density at radius 1 is 1.25 bits per heavy atom. The fourth-order valence-electron chi connectivity index (χ4n) is 2.88. The van der Waals surface area contributed by atoms with Crippen LogP contribution in [0.2, 0.25) is 0 Å². The molecule has 1 aliphatic rings. The van der Waals surface area contributed by atoms with E-state index in [1.807, 2.05) is 0 Å². The summed E-state index contributed by atoms with van der Waals surface area (Å²) in [5.41, 5.74) is 0.889. The lowest BCUT2D eigenvalue weighted by atomic mass is 9.97. The second-order valence-corrected chi connectivity index (χ2v) is 6.23. The lowest BCUT2D eigenvalue weighted by Crippen LogP contribution is -2.46. The van der Waals surface area contributed by atoms with Crippen LogP contribution < -0.4 is 10.1 Å². The summed E-state index contributed by atoms with van der Waals surface area (Å²) in [5, 5.41) is 3.23. The summed E-state index contributed by atoms with van der Waals surface area (Å²) in [6, 6.07) is 6.42. The number of carbonyl (C=O) groups excluding carboxylic acids is 1. The molecule has 6 nitrogen and oxygen atoms in total. The highest BCUT2D eigenvalue weighted by Crippen LogP contribution is 2.20. The summed E-state index contributed by atoms with van der Waals surface area (Å²) in [5.74, 6) is 0.639. The first kappa shape index (κ1) is 24.3. The lowest BCUT2D eigenvalue weighted by molar-refractivity contribution is -0.153. The van der Waals surface area contributed by atoms with E-state index in [2.05, 4.69) is 15.2 Å². The van der Waals surface area contributed by atoms with Crippen molar-refractivity contribution in [2.45, 2.75) is 25.6 Å². The number of halogens is 4. The number of nitrogens with one attached hydrogen (secondary N) is 1. The minimum Gasteiger partial charge on any atom is -0.484 e. The van der Waals surface area contributed by atoms with Gasteiger partial charge >= 0.3 is 12.1 Å². The molecule has 0 spiro atoms. The van der Waals surface area contributed by atoms with Gasteiger partial charge in [0.05, 0.1) is 13.0 Å². The van der Waals surface area contributed by atoms with Gasteiger partial charge in [-0.05, 0) is 30.5 Å². The third kappa shape index (κ3) is 7.72. The summed E-state index contributed by atoms with van der Waals surface area (Å²) in [6.07, 6.45) is -2.94.